The number of thioether (sulfide) groups is 1. The third-order valence-corrected chi connectivity index (χ3v) is 3.29. The minimum absolute atomic E-state index is 0.414. The summed E-state index contributed by atoms with van der Waals surface area (Å²) >= 11 is 1.63. The summed E-state index contributed by atoms with van der Waals surface area (Å²) in [7, 11) is 1.92. The molecule has 0 atom stereocenters. The van der Waals surface area contributed by atoms with E-state index in [9.17, 15) is 0 Å². The molecule has 6 heteroatoms. The Balaban J connectivity index is 2.02. The minimum Gasteiger partial charge on any atom is -0.324 e. The van der Waals surface area contributed by atoms with Crippen molar-refractivity contribution < 1.29 is 0 Å². The number of hydrogen-bond donors (Lipinski definition) is 1. The van der Waals surface area contributed by atoms with Crippen LogP contribution in [0.4, 0.5) is 0 Å². The molecule has 0 aliphatic rings. The Morgan fingerprint density at radius 2 is 2.31 bits per heavy atom. The van der Waals surface area contributed by atoms with Crippen LogP contribution in [0.15, 0.2) is 29.7 Å². The van der Waals surface area contributed by atoms with Crippen LogP contribution in [0.2, 0.25) is 0 Å². The summed E-state index contributed by atoms with van der Waals surface area (Å²) in [5, 5.41) is 8.95. The fourth-order valence-electron chi connectivity index (χ4n) is 1.28. The van der Waals surface area contributed by atoms with Gasteiger partial charge in [0.25, 0.3) is 0 Å². The van der Waals surface area contributed by atoms with E-state index in [-0.39, 0.29) is 0 Å². The van der Waals surface area contributed by atoms with Crippen molar-refractivity contribution in [2.24, 2.45) is 12.8 Å². The molecule has 0 fully saturated rings. The van der Waals surface area contributed by atoms with Crippen LogP contribution in [0, 0.1) is 0 Å². The number of hydrogen-bond acceptors (Lipinski definition) is 5. The van der Waals surface area contributed by atoms with Gasteiger partial charge in [0.15, 0.2) is 5.16 Å². The minimum atomic E-state index is 0.414. The summed E-state index contributed by atoms with van der Waals surface area (Å²) in [6.45, 7) is 0.414. The lowest BCUT2D eigenvalue weighted by Gasteiger charge is -2.01. The van der Waals surface area contributed by atoms with Crippen molar-refractivity contribution in [3.8, 4) is 0 Å². The Kier molecular flexibility index (Phi) is 3.53. The number of nitrogens with zero attached hydrogens (tertiary/aromatic N) is 4. The largest absolute Gasteiger partial charge is 0.324 e. The van der Waals surface area contributed by atoms with Crippen LogP contribution in [-0.2, 0) is 19.3 Å². The fraction of sp³-hybridized carbons (Fsp3) is 0.300. The Bertz CT molecular complexity index is 453. The van der Waals surface area contributed by atoms with Crippen LogP contribution in [0.25, 0.3) is 0 Å². The van der Waals surface area contributed by atoms with Crippen LogP contribution in [0.3, 0.4) is 0 Å². The van der Waals surface area contributed by atoms with Crippen LogP contribution in [0.5, 0.6) is 0 Å². The maximum atomic E-state index is 5.53. The molecule has 0 aromatic carbocycles. The van der Waals surface area contributed by atoms with Gasteiger partial charge in [0.05, 0.1) is 6.54 Å². The van der Waals surface area contributed by atoms with Crippen molar-refractivity contribution in [1.82, 2.24) is 19.7 Å². The van der Waals surface area contributed by atoms with E-state index in [1.165, 1.54) is 5.56 Å². The molecule has 0 spiro atoms. The molecular formula is C10H13N5S. The third kappa shape index (κ3) is 2.40. The maximum absolute atomic E-state index is 5.53. The summed E-state index contributed by atoms with van der Waals surface area (Å²) in [4.78, 5) is 4.06. The molecule has 0 aliphatic heterocycles. The Hall–Kier alpha value is -1.40. The standard InChI is InChI=1S/C10H13N5S/c1-15-9(5-11)13-14-10(15)16-7-8-3-2-4-12-6-8/h2-4,6H,5,7,11H2,1H3. The van der Waals surface area contributed by atoms with Gasteiger partial charge in [0.1, 0.15) is 5.82 Å². The zero-order valence-corrected chi connectivity index (χ0v) is 9.81. The topological polar surface area (TPSA) is 69.6 Å². The zero-order valence-electron chi connectivity index (χ0n) is 9.00. The van der Waals surface area contributed by atoms with Crippen molar-refractivity contribution in [2.45, 2.75) is 17.5 Å². The summed E-state index contributed by atoms with van der Waals surface area (Å²) in [5.41, 5.74) is 6.70. The quantitative estimate of drug-likeness (QED) is 0.799. The number of pyridine rings is 1. The first-order chi connectivity index (χ1) is 7.81. The van der Waals surface area contributed by atoms with E-state index in [0.29, 0.717) is 6.54 Å². The highest BCUT2D eigenvalue weighted by molar-refractivity contribution is 7.98. The fourth-order valence-corrected chi connectivity index (χ4v) is 2.14. The Morgan fingerprint density at radius 1 is 1.44 bits per heavy atom. The van der Waals surface area contributed by atoms with E-state index < -0.39 is 0 Å². The highest BCUT2D eigenvalue weighted by Gasteiger charge is 2.07. The van der Waals surface area contributed by atoms with E-state index in [1.54, 1.807) is 18.0 Å². The molecule has 0 radical (unpaired) electrons. The second-order valence-electron chi connectivity index (χ2n) is 3.31. The predicted octanol–water partition coefficient (Wildman–Crippen LogP) is 0.961. The van der Waals surface area contributed by atoms with Gasteiger partial charge in [-0.2, -0.15) is 0 Å². The number of rotatable bonds is 4. The van der Waals surface area contributed by atoms with Gasteiger partial charge in [-0.05, 0) is 11.6 Å². The maximum Gasteiger partial charge on any atom is 0.191 e. The molecular weight excluding hydrogens is 222 g/mol. The first kappa shape index (κ1) is 11.1. The third-order valence-electron chi connectivity index (χ3n) is 2.20. The monoisotopic (exact) mass is 235 g/mol. The predicted molar refractivity (Wildman–Crippen MR) is 62.7 cm³/mol. The van der Waals surface area contributed by atoms with E-state index >= 15 is 0 Å². The Morgan fingerprint density at radius 3 is 2.94 bits per heavy atom. The SMILES string of the molecule is Cn1c(CN)nnc1SCc1cccnc1. The zero-order chi connectivity index (χ0) is 11.4. The number of aromatic nitrogens is 4. The summed E-state index contributed by atoms with van der Waals surface area (Å²) in [6, 6.07) is 3.97. The van der Waals surface area contributed by atoms with E-state index in [4.69, 9.17) is 5.73 Å². The van der Waals surface area contributed by atoms with Gasteiger partial charge >= 0.3 is 0 Å². The van der Waals surface area contributed by atoms with Crippen LogP contribution in [0.1, 0.15) is 11.4 Å². The average molecular weight is 235 g/mol. The lowest BCUT2D eigenvalue weighted by Crippen LogP contribution is -2.05. The average Bonchev–Trinajstić information content (AvgIpc) is 2.69. The van der Waals surface area contributed by atoms with Gasteiger partial charge < -0.3 is 10.3 Å². The molecule has 2 N–H and O–H groups in total. The first-order valence-corrected chi connectivity index (χ1v) is 5.90. The molecule has 2 rings (SSSR count). The van der Waals surface area contributed by atoms with E-state index in [0.717, 1.165) is 16.7 Å². The molecule has 0 bridgehead atoms. The van der Waals surface area contributed by atoms with Gasteiger partial charge in [-0.15, -0.1) is 10.2 Å². The van der Waals surface area contributed by atoms with Crippen LogP contribution >= 0.6 is 11.8 Å². The van der Waals surface area contributed by atoms with Gasteiger partial charge in [-0.25, -0.2) is 0 Å². The van der Waals surface area contributed by atoms with Crippen LogP contribution in [-0.4, -0.2) is 19.7 Å². The van der Waals surface area contributed by atoms with Crippen molar-refractivity contribution in [3.05, 3.63) is 35.9 Å². The number of nitrogens with two attached hydrogens (primary N) is 1. The molecule has 2 aromatic heterocycles. The normalized spacial score (nSPS) is 10.6. The van der Waals surface area contributed by atoms with Gasteiger partial charge in [0, 0.05) is 25.2 Å². The highest BCUT2D eigenvalue weighted by Crippen LogP contribution is 2.20. The smallest absolute Gasteiger partial charge is 0.191 e. The Labute approximate surface area is 98.1 Å². The van der Waals surface area contributed by atoms with Crippen molar-refractivity contribution >= 4 is 11.8 Å². The molecule has 0 amide bonds. The van der Waals surface area contributed by atoms with Crippen molar-refractivity contribution in [3.63, 3.8) is 0 Å². The molecule has 2 heterocycles. The first-order valence-electron chi connectivity index (χ1n) is 4.91. The van der Waals surface area contributed by atoms with Gasteiger partial charge in [-0.3, -0.25) is 4.98 Å². The second kappa shape index (κ2) is 5.09. The van der Waals surface area contributed by atoms with E-state index in [1.807, 2.05) is 29.9 Å². The molecule has 0 saturated carbocycles. The van der Waals surface area contributed by atoms with Gasteiger partial charge in [-0.1, -0.05) is 17.8 Å². The summed E-state index contributed by atoms with van der Waals surface area (Å²) in [6.07, 6.45) is 3.62. The molecule has 2 aromatic rings. The van der Waals surface area contributed by atoms with E-state index in [2.05, 4.69) is 15.2 Å². The van der Waals surface area contributed by atoms with Gasteiger partial charge in [0.2, 0.25) is 0 Å². The lowest BCUT2D eigenvalue weighted by molar-refractivity contribution is 0.734. The lowest BCUT2D eigenvalue weighted by atomic mass is 10.3. The molecule has 0 saturated heterocycles. The molecule has 84 valence electrons. The molecule has 0 aliphatic carbocycles. The van der Waals surface area contributed by atoms with Crippen molar-refractivity contribution in [2.75, 3.05) is 0 Å². The summed E-state index contributed by atoms with van der Waals surface area (Å²) < 4.78 is 1.92. The molecule has 16 heavy (non-hydrogen) atoms. The van der Waals surface area contributed by atoms with Crippen molar-refractivity contribution in [1.29, 1.82) is 0 Å². The highest BCUT2D eigenvalue weighted by atomic mass is 32.2. The second-order valence-corrected chi connectivity index (χ2v) is 4.25. The molecule has 5 nitrogen and oxygen atoms in total. The summed E-state index contributed by atoms with van der Waals surface area (Å²) in [5.74, 6) is 1.64. The van der Waals surface area contributed by atoms with Crippen LogP contribution < -0.4 is 5.73 Å². The molecule has 0 unspecified atom stereocenters.